The van der Waals surface area contributed by atoms with E-state index in [1.54, 1.807) is 6.20 Å². The Labute approximate surface area is 139 Å². The number of hydrogen-bond acceptors (Lipinski definition) is 5. The molecular weight excluding hydrogens is 312 g/mol. The lowest BCUT2D eigenvalue weighted by Gasteiger charge is -2.44. The summed E-state index contributed by atoms with van der Waals surface area (Å²) in [4.78, 5) is 6.85. The zero-order valence-electron chi connectivity index (χ0n) is 14.0. The van der Waals surface area contributed by atoms with E-state index >= 15 is 0 Å². The van der Waals surface area contributed by atoms with Crippen LogP contribution < -0.4 is 4.90 Å². The lowest BCUT2D eigenvalue weighted by atomic mass is 9.76. The van der Waals surface area contributed by atoms with E-state index in [4.69, 9.17) is 4.74 Å². The molecule has 1 aromatic rings. The van der Waals surface area contributed by atoms with Gasteiger partial charge in [0.1, 0.15) is 5.82 Å². The van der Waals surface area contributed by atoms with Crippen molar-refractivity contribution in [2.24, 2.45) is 5.41 Å². The summed E-state index contributed by atoms with van der Waals surface area (Å²) >= 11 is 0. The third-order valence-electron chi connectivity index (χ3n) is 5.28. The van der Waals surface area contributed by atoms with Gasteiger partial charge < -0.3 is 9.64 Å². The Morgan fingerprint density at radius 2 is 2.13 bits per heavy atom. The number of hydrogen-bond donors (Lipinski definition) is 0. The fourth-order valence-electron chi connectivity index (χ4n) is 4.29. The van der Waals surface area contributed by atoms with Crippen molar-refractivity contribution in [2.45, 2.75) is 44.0 Å². The highest BCUT2D eigenvalue weighted by molar-refractivity contribution is 7.89. The highest BCUT2D eigenvalue weighted by Gasteiger charge is 2.45. The van der Waals surface area contributed by atoms with Gasteiger partial charge in [-0.3, -0.25) is 0 Å². The fourth-order valence-corrected chi connectivity index (χ4v) is 5.07. The number of ether oxygens (including phenoxy) is 1. The number of sulfone groups is 1. The minimum absolute atomic E-state index is 0.0516. The van der Waals surface area contributed by atoms with Crippen molar-refractivity contribution in [3.05, 3.63) is 23.9 Å². The third kappa shape index (κ3) is 3.69. The van der Waals surface area contributed by atoms with E-state index in [1.165, 1.54) is 25.5 Å². The average Bonchev–Trinajstić information content (AvgIpc) is 2.88. The molecule has 5 nitrogen and oxygen atoms in total. The predicted molar refractivity (Wildman–Crippen MR) is 91.3 cm³/mol. The Balaban J connectivity index is 1.74. The van der Waals surface area contributed by atoms with Crippen molar-refractivity contribution in [1.29, 1.82) is 0 Å². The summed E-state index contributed by atoms with van der Waals surface area (Å²) in [5, 5.41) is 0. The maximum atomic E-state index is 11.4. The molecule has 0 unspecified atom stereocenters. The second kappa shape index (κ2) is 6.40. The number of aromatic nitrogens is 1. The average molecular weight is 338 g/mol. The van der Waals surface area contributed by atoms with Gasteiger partial charge >= 0.3 is 0 Å². The molecular formula is C17H26N2O3S. The molecule has 1 aliphatic heterocycles. The lowest BCUT2D eigenvalue weighted by Crippen LogP contribution is -2.48. The molecule has 2 atom stereocenters. The molecule has 0 aromatic carbocycles. The molecule has 128 valence electrons. The van der Waals surface area contributed by atoms with Crippen molar-refractivity contribution in [2.75, 3.05) is 31.4 Å². The van der Waals surface area contributed by atoms with Gasteiger partial charge in [-0.15, -0.1) is 0 Å². The fraction of sp³-hybridized carbons (Fsp3) is 0.706. The zero-order chi connectivity index (χ0) is 16.5. The summed E-state index contributed by atoms with van der Waals surface area (Å²) in [6.45, 7) is 2.00. The Morgan fingerprint density at radius 3 is 2.78 bits per heavy atom. The first-order chi connectivity index (χ1) is 10.9. The minimum Gasteiger partial charge on any atom is -0.381 e. The number of pyridine rings is 1. The predicted octanol–water partition coefficient (Wildman–Crippen LogP) is 2.41. The summed E-state index contributed by atoms with van der Waals surface area (Å²) in [6.07, 6.45) is 9.32. The van der Waals surface area contributed by atoms with Gasteiger partial charge in [-0.2, -0.15) is 0 Å². The first-order valence-electron chi connectivity index (χ1n) is 8.32. The molecule has 2 fully saturated rings. The van der Waals surface area contributed by atoms with Crippen molar-refractivity contribution < 1.29 is 13.2 Å². The smallest absolute Gasteiger partial charge is 0.151 e. The van der Waals surface area contributed by atoms with E-state index in [9.17, 15) is 8.42 Å². The van der Waals surface area contributed by atoms with Crippen molar-refractivity contribution in [1.82, 2.24) is 4.98 Å². The Hall–Kier alpha value is -1.14. The quantitative estimate of drug-likeness (QED) is 0.844. The number of piperidine rings is 1. The van der Waals surface area contributed by atoms with Crippen LogP contribution in [-0.2, 0) is 20.3 Å². The molecule has 1 saturated carbocycles. The zero-order valence-corrected chi connectivity index (χ0v) is 14.8. The Bertz CT molecular complexity index is 644. The van der Waals surface area contributed by atoms with Crippen LogP contribution in [0.25, 0.3) is 0 Å². The molecule has 1 saturated heterocycles. The lowest BCUT2D eigenvalue weighted by molar-refractivity contribution is 0.00216. The van der Waals surface area contributed by atoms with Crippen molar-refractivity contribution >= 4 is 15.7 Å². The summed E-state index contributed by atoms with van der Waals surface area (Å²) in [5.41, 5.74) is 1.01. The normalized spacial score (nSPS) is 28.4. The maximum absolute atomic E-state index is 11.4. The van der Waals surface area contributed by atoms with Crippen LogP contribution in [0.5, 0.6) is 0 Å². The molecule has 1 spiro atoms. The van der Waals surface area contributed by atoms with Crippen molar-refractivity contribution in [3.8, 4) is 0 Å². The van der Waals surface area contributed by atoms with Gasteiger partial charge in [0.15, 0.2) is 9.84 Å². The van der Waals surface area contributed by atoms with Gasteiger partial charge in [0, 0.05) is 38.1 Å². The SMILES string of the molecule is CO[C@@H]1CCC[C@@]12CCCN(c1ccc(CS(C)(=O)=O)cn1)C2. The first kappa shape index (κ1) is 16.7. The Kier molecular flexibility index (Phi) is 4.65. The molecule has 0 amide bonds. The summed E-state index contributed by atoms with van der Waals surface area (Å²) < 4.78 is 28.5. The topological polar surface area (TPSA) is 59.5 Å². The van der Waals surface area contributed by atoms with Gasteiger partial charge in [0.25, 0.3) is 0 Å². The van der Waals surface area contributed by atoms with Gasteiger partial charge in [-0.05, 0) is 37.3 Å². The summed E-state index contributed by atoms with van der Waals surface area (Å²) in [7, 11) is -1.19. The standard InChI is InChI=1S/C17H26N2O3S/c1-22-15-5-3-8-17(15)9-4-10-19(13-17)16-7-6-14(11-18-16)12-23(2,20)21/h6-7,11,15H,3-5,8-10,12-13H2,1-2H3/t15-,17+/m1/s1. The molecule has 1 aromatic heterocycles. The number of anilines is 1. The van der Waals surface area contributed by atoms with Crippen LogP contribution in [0.1, 0.15) is 37.7 Å². The number of nitrogens with zero attached hydrogens (tertiary/aromatic N) is 2. The van der Waals surface area contributed by atoms with E-state index < -0.39 is 9.84 Å². The van der Waals surface area contributed by atoms with Gasteiger partial charge in [0.05, 0.1) is 11.9 Å². The number of rotatable bonds is 4. The van der Waals surface area contributed by atoms with Crippen molar-refractivity contribution in [3.63, 3.8) is 0 Å². The monoisotopic (exact) mass is 338 g/mol. The van der Waals surface area contributed by atoms with E-state index in [1.807, 2.05) is 19.2 Å². The van der Waals surface area contributed by atoms with Crippen LogP contribution in [0.4, 0.5) is 5.82 Å². The molecule has 3 rings (SSSR count). The number of methoxy groups -OCH3 is 1. The molecule has 6 heteroatoms. The highest BCUT2D eigenvalue weighted by atomic mass is 32.2. The molecule has 0 radical (unpaired) electrons. The molecule has 0 N–H and O–H groups in total. The molecule has 2 aliphatic rings. The maximum Gasteiger partial charge on any atom is 0.151 e. The van der Waals surface area contributed by atoms with Crippen LogP contribution in [0, 0.1) is 5.41 Å². The van der Waals surface area contributed by atoms with Crippen LogP contribution in [-0.4, -0.2) is 46.0 Å². The second-order valence-electron chi connectivity index (χ2n) is 7.10. The Morgan fingerprint density at radius 1 is 1.35 bits per heavy atom. The van der Waals surface area contributed by atoms with Crippen LogP contribution in [0.15, 0.2) is 18.3 Å². The summed E-state index contributed by atoms with van der Waals surface area (Å²) in [6, 6.07) is 3.84. The first-order valence-corrected chi connectivity index (χ1v) is 10.4. The highest BCUT2D eigenvalue weighted by Crippen LogP contribution is 2.46. The molecule has 23 heavy (non-hydrogen) atoms. The van der Waals surface area contributed by atoms with Gasteiger partial charge in [-0.1, -0.05) is 12.5 Å². The van der Waals surface area contributed by atoms with Gasteiger partial charge in [0.2, 0.25) is 0 Å². The van der Waals surface area contributed by atoms with E-state index in [2.05, 4.69) is 9.88 Å². The van der Waals surface area contributed by atoms with E-state index in [0.717, 1.165) is 37.3 Å². The van der Waals surface area contributed by atoms with Crippen LogP contribution >= 0.6 is 0 Å². The third-order valence-corrected chi connectivity index (χ3v) is 6.14. The second-order valence-corrected chi connectivity index (χ2v) is 9.24. The summed E-state index contributed by atoms with van der Waals surface area (Å²) in [5.74, 6) is 0.999. The molecule has 2 heterocycles. The minimum atomic E-state index is -3.01. The largest absolute Gasteiger partial charge is 0.381 e. The van der Waals surface area contributed by atoms with E-state index in [-0.39, 0.29) is 11.2 Å². The molecule has 1 aliphatic carbocycles. The molecule has 0 bridgehead atoms. The van der Waals surface area contributed by atoms with Gasteiger partial charge in [-0.25, -0.2) is 13.4 Å². The van der Waals surface area contributed by atoms with Crippen LogP contribution in [0.3, 0.4) is 0 Å². The van der Waals surface area contributed by atoms with Crippen LogP contribution in [0.2, 0.25) is 0 Å². The van der Waals surface area contributed by atoms with E-state index in [0.29, 0.717) is 6.10 Å².